The zero-order valence-electron chi connectivity index (χ0n) is 9.80. The first-order valence-electron chi connectivity index (χ1n) is 5.48. The van der Waals surface area contributed by atoms with Crippen molar-refractivity contribution in [1.29, 1.82) is 0 Å². The van der Waals surface area contributed by atoms with Crippen LogP contribution in [0.25, 0.3) is 21.5 Å². The minimum absolute atomic E-state index is 0.0825. The molecular weight excluding hydrogens is 347 g/mol. The summed E-state index contributed by atoms with van der Waals surface area (Å²) in [6.45, 7) is 0. The average molecular weight is 353 g/mol. The van der Waals surface area contributed by atoms with Crippen LogP contribution in [0.15, 0.2) is 34.4 Å². The van der Waals surface area contributed by atoms with E-state index in [1.54, 1.807) is 11.7 Å². The van der Waals surface area contributed by atoms with E-state index in [1.807, 2.05) is 0 Å². The fraction of sp³-hybridized carbons (Fsp3) is 0. The number of carboxylic acids is 1. The van der Waals surface area contributed by atoms with Crippen LogP contribution in [-0.4, -0.2) is 21.0 Å². The summed E-state index contributed by atoms with van der Waals surface area (Å²) in [4.78, 5) is 20.4. The zero-order chi connectivity index (χ0) is 14.3. The largest absolute Gasteiger partial charge is 0.478 e. The summed E-state index contributed by atoms with van der Waals surface area (Å²) in [6.07, 6.45) is 1.60. The molecule has 7 heteroatoms. The Morgan fingerprint density at radius 1 is 1.35 bits per heavy atom. The van der Waals surface area contributed by atoms with E-state index in [4.69, 9.17) is 0 Å². The van der Waals surface area contributed by atoms with Gasteiger partial charge < -0.3 is 5.11 Å². The molecule has 0 atom stereocenters. The maximum Gasteiger partial charge on any atom is 0.336 e. The summed E-state index contributed by atoms with van der Waals surface area (Å²) in [7, 11) is 0. The Balaban J connectivity index is 2.36. The van der Waals surface area contributed by atoms with Gasteiger partial charge in [-0.1, -0.05) is 0 Å². The second-order valence-corrected chi connectivity index (χ2v) is 5.75. The molecule has 0 amide bonds. The molecule has 3 aromatic rings. The SMILES string of the molecule is O=C(O)c1cc(-c2cncs2)nc2cc(F)c(Br)cc12. The number of carboxylic acid groups (broad SMARTS) is 1. The number of hydrogen-bond donors (Lipinski definition) is 1. The van der Waals surface area contributed by atoms with E-state index in [2.05, 4.69) is 25.9 Å². The summed E-state index contributed by atoms with van der Waals surface area (Å²) >= 11 is 4.40. The molecule has 0 aliphatic carbocycles. The molecule has 4 nitrogen and oxygen atoms in total. The molecule has 0 saturated carbocycles. The quantitative estimate of drug-likeness (QED) is 0.758. The molecular formula is C13H6BrFN2O2S. The maximum absolute atomic E-state index is 13.6. The Labute approximate surface area is 125 Å². The topological polar surface area (TPSA) is 63.1 Å². The first-order chi connectivity index (χ1) is 9.56. The van der Waals surface area contributed by atoms with Gasteiger partial charge >= 0.3 is 5.97 Å². The Morgan fingerprint density at radius 2 is 2.15 bits per heavy atom. The summed E-state index contributed by atoms with van der Waals surface area (Å²) in [5.41, 5.74) is 2.48. The van der Waals surface area contributed by atoms with Crippen LogP contribution in [0.3, 0.4) is 0 Å². The lowest BCUT2D eigenvalue weighted by Gasteiger charge is -2.06. The third-order valence-electron chi connectivity index (χ3n) is 2.77. The molecule has 0 bridgehead atoms. The van der Waals surface area contributed by atoms with Crippen LogP contribution in [0.4, 0.5) is 4.39 Å². The number of rotatable bonds is 2. The lowest BCUT2D eigenvalue weighted by atomic mass is 10.1. The predicted octanol–water partition coefficient (Wildman–Crippen LogP) is 3.96. The van der Waals surface area contributed by atoms with Gasteiger partial charge in [0.1, 0.15) is 5.82 Å². The predicted molar refractivity (Wildman–Crippen MR) is 77.5 cm³/mol. The molecule has 0 unspecified atom stereocenters. The van der Waals surface area contributed by atoms with E-state index in [1.165, 1.54) is 29.5 Å². The molecule has 3 rings (SSSR count). The molecule has 20 heavy (non-hydrogen) atoms. The van der Waals surface area contributed by atoms with Crippen molar-refractivity contribution in [3.8, 4) is 10.6 Å². The van der Waals surface area contributed by atoms with Crippen molar-refractivity contribution < 1.29 is 14.3 Å². The van der Waals surface area contributed by atoms with Gasteiger partial charge in [-0.05, 0) is 28.1 Å². The number of thiazole rings is 1. The van der Waals surface area contributed by atoms with E-state index < -0.39 is 11.8 Å². The number of pyridine rings is 1. The molecule has 0 radical (unpaired) electrons. The van der Waals surface area contributed by atoms with Gasteiger partial charge in [-0.15, -0.1) is 11.3 Å². The van der Waals surface area contributed by atoms with Crippen molar-refractivity contribution in [1.82, 2.24) is 9.97 Å². The molecule has 1 N–H and O–H groups in total. The second-order valence-electron chi connectivity index (χ2n) is 4.01. The molecule has 0 spiro atoms. The summed E-state index contributed by atoms with van der Waals surface area (Å²) in [5, 5.41) is 9.70. The normalized spacial score (nSPS) is 10.9. The van der Waals surface area contributed by atoms with Gasteiger partial charge in [-0.25, -0.2) is 14.2 Å². The van der Waals surface area contributed by atoms with Gasteiger partial charge in [0.2, 0.25) is 0 Å². The van der Waals surface area contributed by atoms with Gasteiger partial charge in [0, 0.05) is 17.6 Å². The maximum atomic E-state index is 13.6. The fourth-order valence-corrected chi connectivity index (χ4v) is 2.79. The van der Waals surface area contributed by atoms with Crippen LogP contribution >= 0.6 is 27.3 Å². The van der Waals surface area contributed by atoms with Crippen molar-refractivity contribution in [2.45, 2.75) is 0 Å². The zero-order valence-corrected chi connectivity index (χ0v) is 12.2. The van der Waals surface area contributed by atoms with Crippen LogP contribution in [0.5, 0.6) is 0 Å². The smallest absolute Gasteiger partial charge is 0.336 e. The Morgan fingerprint density at radius 3 is 2.80 bits per heavy atom. The molecule has 0 aliphatic heterocycles. The van der Waals surface area contributed by atoms with Gasteiger partial charge in [0.05, 0.1) is 31.6 Å². The molecule has 0 aliphatic rings. The van der Waals surface area contributed by atoms with Crippen molar-refractivity contribution in [3.05, 3.63) is 45.8 Å². The van der Waals surface area contributed by atoms with Crippen LogP contribution in [-0.2, 0) is 0 Å². The average Bonchev–Trinajstić information content (AvgIpc) is 2.92. The highest BCUT2D eigenvalue weighted by atomic mass is 79.9. The monoisotopic (exact) mass is 352 g/mol. The van der Waals surface area contributed by atoms with Gasteiger partial charge in [0.25, 0.3) is 0 Å². The third-order valence-corrected chi connectivity index (χ3v) is 4.17. The number of aromatic carboxylic acids is 1. The lowest BCUT2D eigenvalue weighted by molar-refractivity contribution is 0.0699. The minimum atomic E-state index is -1.08. The Hall–Kier alpha value is -1.86. The van der Waals surface area contributed by atoms with Crippen LogP contribution < -0.4 is 0 Å². The Bertz CT molecular complexity index is 821. The van der Waals surface area contributed by atoms with Crippen LogP contribution in [0, 0.1) is 5.82 Å². The van der Waals surface area contributed by atoms with Crippen molar-refractivity contribution in [3.63, 3.8) is 0 Å². The Kier molecular flexibility index (Phi) is 3.23. The third kappa shape index (κ3) is 2.19. The van der Waals surface area contributed by atoms with Crippen molar-refractivity contribution >= 4 is 44.1 Å². The minimum Gasteiger partial charge on any atom is -0.478 e. The summed E-state index contributed by atoms with van der Waals surface area (Å²) < 4.78 is 13.8. The first-order valence-corrected chi connectivity index (χ1v) is 7.15. The summed E-state index contributed by atoms with van der Waals surface area (Å²) in [5.74, 6) is -1.57. The number of benzene rings is 1. The highest BCUT2D eigenvalue weighted by Gasteiger charge is 2.15. The fourth-order valence-electron chi connectivity index (χ4n) is 1.87. The molecule has 0 saturated heterocycles. The van der Waals surface area contributed by atoms with E-state index in [-0.39, 0.29) is 10.0 Å². The number of aromatic nitrogens is 2. The number of carbonyl (C=O) groups is 1. The van der Waals surface area contributed by atoms with Gasteiger partial charge in [0.15, 0.2) is 0 Å². The van der Waals surface area contributed by atoms with E-state index in [0.717, 1.165) is 4.88 Å². The van der Waals surface area contributed by atoms with Gasteiger partial charge in [-0.2, -0.15) is 0 Å². The highest BCUT2D eigenvalue weighted by Crippen LogP contribution is 2.30. The van der Waals surface area contributed by atoms with E-state index >= 15 is 0 Å². The standard InChI is InChI=1S/C13H6BrFN2O2S/c14-8-1-6-7(13(18)19)2-11(12-4-16-5-20-12)17-10(6)3-9(8)15/h1-5H,(H,18,19). The summed E-state index contributed by atoms with van der Waals surface area (Å²) in [6, 6.07) is 4.12. The first kappa shape index (κ1) is 13.1. The number of fused-ring (bicyclic) bond motifs is 1. The van der Waals surface area contributed by atoms with E-state index in [9.17, 15) is 14.3 Å². The lowest BCUT2D eigenvalue weighted by Crippen LogP contribution is -2.00. The number of halogens is 2. The number of hydrogen-bond acceptors (Lipinski definition) is 4. The number of nitrogens with zero attached hydrogens (tertiary/aromatic N) is 2. The van der Waals surface area contributed by atoms with Crippen molar-refractivity contribution in [2.24, 2.45) is 0 Å². The van der Waals surface area contributed by atoms with Crippen LogP contribution in [0.2, 0.25) is 0 Å². The van der Waals surface area contributed by atoms with E-state index in [0.29, 0.717) is 16.6 Å². The van der Waals surface area contributed by atoms with Gasteiger partial charge in [-0.3, -0.25) is 4.98 Å². The molecule has 2 heterocycles. The molecule has 1 aromatic carbocycles. The highest BCUT2D eigenvalue weighted by molar-refractivity contribution is 9.10. The molecule has 2 aromatic heterocycles. The van der Waals surface area contributed by atoms with Crippen molar-refractivity contribution in [2.75, 3.05) is 0 Å². The molecule has 100 valence electrons. The van der Waals surface area contributed by atoms with Crippen LogP contribution in [0.1, 0.15) is 10.4 Å². The molecule has 0 fully saturated rings. The second kappa shape index (κ2) is 4.92.